The Bertz CT molecular complexity index is 1650. The number of benzene rings is 2. The maximum absolute atomic E-state index is 12.4. The molecule has 5 rings (SSSR count). The van der Waals surface area contributed by atoms with Gasteiger partial charge in [-0.2, -0.15) is 9.78 Å². The summed E-state index contributed by atoms with van der Waals surface area (Å²) in [5.41, 5.74) is 17.0. The first-order chi connectivity index (χ1) is 17.9. The van der Waals surface area contributed by atoms with Crippen LogP contribution in [0.1, 0.15) is 15.9 Å². The molecule has 0 saturated carbocycles. The van der Waals surface area contributed by atoms with Gasteiger partial charge in [-0.1, -0.05) is 24.3 Å². The lowest BCUT2D eigenvalue weighted by molar-refractivity contribution is 0.0958. The van der Waals surface area contributed by atoms with Crippen molar-refractivity contribution in [1.82, 2.24) is 14.8 Å². The molecular weight excluding hydrogens is 486 g/mol. The minimum Gasteiger partial charge on any atom is -0.383 e. The summed E-state index contributed by atoms with van der Waals surface area (Å²) in [6.07, 6.45) is 6.18. The summed E-state index contributed by atoms with van der Waals surface area (Å²) in [5.74, 6) is 0.295. The Morgan fingerprint density at radius 1 is 1.03 bits per heavy atom. The molecule has 0 fully saturated rings. The molecule has 0 aliphatic carbocycles. The van der Waals surface area contributed by atoms with Crippen LogP contribution in [0.4, 0.5) is 27.8 Å². The first-order valence-electron chi connectivity index (χ1n) is 11.3. The second-order valence-corrected chi connectivity index (χ2v) is 9.20. The maximum Gasteiger partial charge on any atom is 0.323 e. The molecule has 0 aliphatic rings. The van der Waals surface area contributed by atoms with Gasteiger partial charge in [0.05, 0.1) is 6.20 Å². The lowest BCUT2D eigenvalue weighted by Gasteiger charge is -2.09. The van der Waals surface area contributed by atoms with E-state index in [2.05, 4.69) is 20.7 Å². The predicted molar refractivity (Wildman–Crippen MR) is 150 cm³/mol. The molecule has 0 saturated heterocycles. The molecule has 0 radical (unpaired) electrons. The van der Waals surface area contributed by atoms with E-state index in [9.17, 15) is 9.59 Å². The number of allylic oxidation sites excluding steroid dienone is 1. The van der Waals surface area contributed by atoms with Crippen LogP contribution in [0, 0.1) is 6.92 Å². The van der Waals surface area contributed by atoms with Gasteiger partial charge in [0, 0.05) is 50.9 Å². The molecule has 0 aliphatic heterocycles. The molecule has 0 bridgehead atoms. The molecule has 10 heteroatoms. The monoisotopic (exact) mass is 509 g/mol. The number of hydrogen-bond donors (Lipinski definition) is 4. The van der Waals surface area contributed by atoms with E-state index < -0.39 is 0 Å². The Labute approximate surface area is 216 Å². The molecule has 0 atom stereocenters. The zero-order valence-electron chi connectivity index (χ0n) is 19.8. The summed E-state index contributed by atoms with van der Waals surface area (Å²) in [5, 5.41) is 12.4. The fourth-order valence-electron chi connectivity index (χ4n) is 3.90. The van der Waals surface area contributed by atoms with Gasteiger partial charge in [0.15, 0.2) is 0 Å². The highest BCUT2D eigenvalue weighted by Gasteiger charge is 2.14. The summed E-state index contributed by atoms with van der Waals surface area (Å²) in [6, 6.07) is 16.3. The molecule has 5 aromatic rings. The van der Waals surface area contributed by atoms with Crippen LogP contribution in [0.15, 0.2) is 78.4 Å². The first kappa shape index (κ1) is 23.8. The van der Waals surface area contributed by atoms with E-state index >= 15 is 0 Å². The van der Waals surface area contributed by atoms with E-state index in [1.165, 1.54) is 23.6 Å². The Morgan fingerprint density at radius 3 is 2.54 bits per heavy atom. The standard InChI is InChI=1S/C27H23N7O2S/c1-16-3-2-4-20(13-16)33-27(36)32-19-8-5-17(6-9-19)21-15-37-25-18(14-30-26(29)24(21)25)7-10-23(35)34-22(28)11-12-31-34/h2-15H,28H2,1H3,(H2,29,30)(H2,32,33,36). The van der Waals surface area contributed by atoms with Gasteiger partial charge in [0.25, 0.3) is 5.91 Å². The average molecular weight is 510 g/mol. The van der Waals surface area contributed by atoms with Gasteiger partial charge in [-0.05, 0) is 53.8 Å². The Kier molecular flexibility index (Phi) is 6.40. The fourth-order valence-corrected chi connectivity index (χ4v) is 4.98. The van der Waals surface area contributed by atoms with Crippen molar-refractivity contribution >= 4 is 62.4 Å². The summed E-state index contributed by atoms with van der Waals surface area (Å²) < 4.78 is 2.02. The summed E-state index contributed by atoms with van der Waals surface area (Å²) in [6.45, 7) is 1.97. The van der Waals surface area contributed by atoms with Crippen LogP contribution in [0.5, 0.6) is 0 Å². The number of urea groups is 1. The average Bonchev–Trinajstić information content (AvgIpc) is 3.51. The normalized spacial score (nSPS) is 11.2. The smallest absolute Gasteiger partial charge is 0.323 e. The van der Waals surface area contributed by atoms with Crippen molar-refractivity contribution in [1.29, 1.82) is 0 Å². The van der Waals surface area contributed by atoms with Crippen LogP contribution in [0.3, 0.4) is 0 Å². The minimum atomic E-state index is -0.362. The van der Waals surface area contributed by atoms with Gasteiger partial charge in [-0.25, -0.2) is 9.78 Å². The van der Waals surface area contributed by atoms with E-state index in [0.717, 1.165) is 42.7 Å². The van der Waals surface area contributed by atoms with Crippen molar-refractivity contribution in [3.05, 3.63) is 89.6 Å². The lowest BCUT2D eigenvalue weighted by Crippen LogP contribution is -2.19. The topological polar surface area (TPSA) is 141 Å². The molecule has 37 heavy (non-hydrogen) atoms. The molecule has 2 amide bonds. The van der Waals surface area contributed by atoms with Crippen LogP contribution in [0.25, 0.3) is 27.3 Å². The van der Waals surface area contributed by atoms with Gasteiger partial charge in [0.2, 0.25) is 0 Å². The number of aryl methyl sites for hydroxylation is 1. The number of rotatable bonds is 5. The Morgan fingerprint density at radius 2 is 1.81 bits per heavy atom. The maximum atomic E-state index is 12.4. The van der Waals surface area contributed by atoms with Gasteiger partial charge in [-0.3, -0.25) is 4.79 Å². The van der Waals surface area contributed by atoms with Gasteiger partial charge < -0.3 is 22.1 Å². The van der Waals surface area contributed by atoms with E-state index in [4.69, 9.17) is 11.5 Å². The van der Waals surface area contributed by atoms with E-state index in [1.54, 1.807) is 18.3 Å². The van der Waals surface area contributed by atoms with E-state index in [0.29, 0.717) is 11.5 Å². The first-order valence-corrected chi connectivity index (χ1v) is 12.2. The SMILES string of the molecule is Cc1cccc(NC(=O)Nc2ccc(-c3csc4c(C=CC(=O)n5nccc5N)cnc(N)c34)cc2)c1. The molecule has 184 valence electrons. The summed E-state index contributed by atoms with van der Waals surface area (Å²) in [4.78, 5) is 29.1. The number of thiophene rings is 1. The summed E-state index contributed by atoms with van der Waals surface area (Å²) in [7, 11) is 0. The molecule has 3 heterocycles. The molecule has 3 aromatic heterocycles. The summed E-state index contributed by atoms with van der Waals surface area (Å²) >= 11 is 1.51. The zero-order chi connectivity index (χ0) is 25.9. The highest BCUT2D eigenvalue weighted by molar-refractivity contribution is 7.18. The number of anilines is 4. The minimum absolute atomic E-state index is 0.263. The zero-order valence-corrected chi connectivity index (χ0v) is 20.6. The van der Waals surface area contributed by atoms with Gasteiger partial charge in [-0.15, -0.1) is 11.3 Å². The van der Waals surface area contributed by atoms with Crippen LogP contribution < -0.4 is 22.1 Å². The number of nitrogen functional groups attached to an aromatic ring is 2. The van der Waals surface area contributed by atoms with Crippen molar-refractivity contribution in [2.45, 2.75) is 6.92 Å². The fraction of sp³-hybridized carbons (Fsp3) is 0.0370. The number of carbonyl (C=O) groups is 2. The number of nitrogens with one attached hydrogen (secondary N) is 2. The number of nitrogens with zero attached hydrogens (tertiary/aromatic N) is 3. The number of nitrogens with two attached hydrogens (primary N) is 2. The lowest BCUT2D eigenvalue weighted by atomic mass is 10.0. The number of carbonyl (C=O) groups excluding carboxylic acids is 2. The van der Waals surface area contributed by atoms with Crippen molar-refractivity contribution in [3.8, 4) is 11.1 Å². The van der Waals surface area contributed by atoms with Crippen molar-refractivity contribution in [2.75, 3.05) is 22.1 Å². The third-order valence-corrected chi connectivity index (χ3v) is 6.70. The van der Waals surface area contributed by atoms with Crippen LogP contribution in [-0.2, 0) is 0 Å². The highest BCUT2D eigenvalue weighted by Crippen LogP contribution is 2.39. The van der Waals surface area contributed by atoms with Crippen LogP contribution in [0.2, 0.25) is 0 Å². The Hall–Kier alpha value is -4.96. The quantitative estimate of drug-likeness (QED) is 0.226. The Balaban J connectivity index is 1.36. The third-order valence-electron chi connectivity index (χ3n) is 5.67. The van der Waals surface area contributed by atoms with Crippen LogP contribution >= 0.6 is 11.3 Å². The number of hydrogen-bond acceptors (Lipinski definition) is 7. The third kappa shape index (κ3) is 5.04. The van der Waals surface area contributed by atoms with Gasteiger partial charge in [0.1, 0.15) is 11.6 Å². The van der Waals surface area contributed by atoms with Crippen molar-refractivity contribution < 1.29 is 9.59 Å². The number of amides is 2. The second-order valence-electron chi connectivity index (χ2n) is 8.32. The van der Waals surface area contributed by atoms with E-state index in [-0.39, 0.29) is 17.8 Å². The number of pyridine rings is 1. The highest BCUT2D eigenvalue weighted by atomic mass is 32.1. The van der Waals surface area contributed by atoms with Crippen molar-refractivity contribution in [3.63, 3.8) is 0 Å². The molecule has 0 spiro atoms. The van der Waals surface area contributed by atoms with Crippen molar-refractivity contribution in [2.24, 2.45) is 0 Å². The molecule has 9 nitrogen and oxygen atoms in total. The van der Waals surface area contributed by atoms with E-state index in [1.807, 2.05) is 60.8 Å². The predicted octanol–water partition coefficient (Wildman–Crippen LogP) is 5.63. The molecule has 6 N–H and O–H groups in total. The molecule has 2 aromatic carbocycles. The van der Waals surface area contributed by atoms with Crippen LogP contribution in [-0.4, -0.2) is 26.7 Å². The number of fused-ring (bicyclic) bond motifs is 1. The largest absolute Gasteiger partial charge is 0.383 e. The molecular formula is C27H23N7O2S. The molecule has 0 unspecified atom stereocenters. The number of aromatic nitrogens is 3. The second kappa shape index (κ2) is 9.96. The van der Waals surface area contributed by atoms with Gasteiger partial charge >= 0.3 is 6.03 Å².